The van der Waals surface area contributed by atoms with Gasteiger partial charge in [-0.3, -0.25) is 4.57 Å². The minimum Gasteiger partial charge on any atom is -0.506 e. The third-order valence-electron chi connectivity index (χ3n) is 2.65. The maximum Gasteiger partial charge on any atom is 0.451 e. The molecule has 0 aliphatic carbocycles. The van der Waals surface area contributed by atoms with E-state index in [4.69, 9.17) is 5.26 Å². The van der Waals surface area contributed by atoms with Crippen molar-refractivity contribution in [2.75, 3.05) is 0 Å². The highest BCUT2D eigenvalue weighted by Crippen LogP contribution is 2.28. The van der Waals surface area contributed by atoms with Crippen LogP contribution >= 0.6 is 0 Å². The number of rotatable bonds is 1. The van der Waals surface area contributed by atoms with Gasteiger partial charge >= 0.3 is 11.9 Å². The molecule has 10 heteroatoms. The summed E-state index contributed by atoms with van der Waals surface area (Å²) < 4.78 is 52.0. The third kappa shape index (κ3) is 2.33. The number of phenolic OH excluding ortho intramolecular Hbond substituents is 1. The van der Waals surface area contributed by atoms with Gasteiger partial charge in [-0.25, -0.2) is 9.18 Å². The zero-order valence-electron chi connectivity index (χ0n) is 10.3. The van der Waals surface area contributed by atoms with Crippen molar-refractivity contribution in [2.24, 2.45) is 7.05 Å². The summed E-state index contributed by atoms with van der Waals surface area (Å²) in [5, 5.41) is 21.1. The first kappa shape index (κ1) is 14.6. The summed E-state index contributed by atoms with van der Waals surface area (Å²) in [6, 6.07) is 2.74. The van der Waals surface area contributed by atoms with Crippen molar-refractivity contribution >= 4 is 0 Å². The van der Waals surface area contributed by atoms with Crippen molar-refractivity contribution in [3.63, 3.8) is 0 Å². The van der Waals surface area contributed by atoms with E-state index in [-0.39, 0.29) is 9.25 Å². The lowest BCUT2D eigenvalue weighted by molar-refractivity contribution is -0.147. The fourth-order valence-corrected chi connectivity index (χ4v) is 1.64. The Morgan fingerprint density at radius 3 is 2.48 bits per heavy atom. The molecule has 0 amide bonds. The second kappa shape index (κ2) is 4.62. The number of aromatic hydroxyl groups is 1. The lowest BCUT2D eigenvalue weighted by Crippen LogP contribution is -2.24. The van der Waals surface area contributed by atoms with Gasteiger partial charge in [0.15, 0.2) is 5.82 Å². The number of aromatic nitrogens is 3. The van der Waals surface area contributed by atoms with E-state index in [1.807, 2.05) is 0 Å². The monoisotopic (exact) mass is 302 g/mol. The quantitative estimate of drug-likeness (QED) is 0.805. The SMILES string of the molecule is Cn1c(C(F)(F)F)nn(-c2cc(O)c(C#N)cc2F)c1=O. The van der Waals surface area contributed by atoms with Crippen LogP contribution in [0.1, 0.15) is 11.4 Å². The Hall–Kier alpha value is -2.83. The molecule has 21 heavy (non-hydrogen) atoms. The van der Waals surface area contributed by atoms with Gasteiger partial charge in [-0.05, 0) is 6.07 Å². The zero-order valence-corrected chi connectivity index (χ0v) is 10.3. The highest BCUT2D eigenvalue weighted by Gasteiger charge is 2.38. The predicted molar refractivity (Wildman–Crippen MR) is 60.1 cm³/mol. The minimum absolute atomic E-state index is 0.166. The molecule has 0 saturated heterocycles. The zero-order chi connectivity index (χ0) is 15.9. The molecule has 1 heterocycles. The summed E-state index contributed by atoms with van der Waals surface area (Å²) in [4.78, 5) is 11.7. The maximum absolute atomic E-state index is 13.8. The molecule has 1 aromatic heterocycles. The van der Waals surface area contributed by atoms with E-state index in [2.05, 4.69) is 5.10 Å². The Kier molecular flexibility index (Phi) is 3.21. The number of nitrogens with zero attached hydrogens (tertiary/aromatic N) is 4. The summed E-state index contributed by atoms with van der Waals surface area (Å²) in [6.45, 7) is 0. The van der Waals surface area contributed by atoms with Crippen molar-refractivity contribution in [3.05, 3.63) is 39.8 Å². The number of hydrogen-bond donors (Lipinski definition) is 1. The van der Waals surface area contributed by atoms with Crippen molar-refractivity contribution in [1.29, 1.82) is 5.26 Å². The predicted octanol–water partition coefficient (Wildman–Crippen LogP) is 1.31. The lowest BCUT2D eigenvalue weighted by atomic mass is 10.2. The van der Waals surface area contributed by atoms with Gasteiger partial charge < -0.3 is 5.11 Å². The smallest absolute Gasteiger partial charge is 0.451 e. The first-order valence-electron chi connectivity index (χ1n) is 5.33. The number of alkyl halides is 3. The summed E-state index contributed by atoms with van der Waals surface area (Å²) >= 11 is 0. The Bertz CT molecular complexity index is 813. The molecule has 0 saturated carbocycles. The maximum atomic E-state index is 13.8. The molecular formula is C11H6F4N4O2. The largest absolute Gasteiger partial charge is 0.506 e. The second-order valence-corrected chi connectivity index (χ2v) is 4.01. The highest BCUT2D eigenvalue weighted by atomic mass is 19.4. The average Bonchev–Trinajstić information content (AvgIpc) is 2.68. The van der Waals surface area contributed by atoms with Gasteiger partial charge in [0.25, 0.3) is 0 Å². The molecule has 6 nitrogen and oxygen atoms in total. The molecule has 0 fully saturated rings. The lowest BCUT2D eigenvalue weighted by Gasteiger charge is -2.04. The number of hydrogen-bond acceptors (Lipinski definition) is 4. The normalized spacial score (nSPS) is 11.4. The summed E-state index contributed by atoms with van der Waals surface area (Å²) in [5.74, 6) is -3.37. The van der Waals surface area contributed by atoms with E-state index >= 15 is 0 Å². The van der Waals surface area contributed by atoms with E-state index in [9.17, 15) is 27.5 Å². The van der Waals surface area contributed by atoms with Gasteiger partial charge in [0.1, 0.15) is 17.5 Å². The Balaban J connectivity index is 2.73. The first-order chi connectivity index (χ1) is 9.66. The van der Waals surface area contributed by atoms with Crippen LogP contribution in [-0.2, 0) is 13.2 Å². The molecule has 0 radical (unpaired) electrons. The topological polar surface area (TPSA) is 83.8 Å². The number of halogens is 4. The van der Waals surface area contributed by atoms with Crippen LogP contribution in [0.5, 0.6) is 5.75 Å². The fourth-order valence-electron chi connectivity index (χ4n) is 1.64. The number of phenols is 1. The highest BCUT2D eigenvalue weighted by molar-refractivity contribution is 5.50. The van der Waals surface area contributed by atoms with Crippen LogP contribution in [0.3, 0.4) is 0 Å². The molecular weight excluding hydrogens is 296 g/mol. The molecule has 0 atom stereocenters. The molecule has 110 valence electrons. The van der Waals surface area contributed by atoms with Crippen LogP contribution in [-0.4, -0.2) is 19.5 Å². The first-order valence-corrected chi connectivity index (χ1v) is 5.33. The molecule has 0 aliphatic rings. The average molecular weight is 302 g/mol. The Labute approximate surface area is 114 Å². The van der Waals surface area contributed by atoms with E-state index in [0.29, 0.717) is 12.1 Å². The van der Waals surface area contributed by atoms with Gasteiger partial charge in [-0.1, -0.05) is 0 Å². The van der Waals surface area contributed by atoms with Crippen LogP contribution in [0.2, 0.25) is 0 Å². The van der Waals surface area contributed by atoms with E-state index < -0.39 is 40.5 Å². The van der Waals surface area contributed by atoms with Crippen molar-refractivity contribution in [2.45, 2.75) is 6.18 Å². The second-order valence-electron chi connectivity index (χ2n) is 4.01. The molecule has 0 unspecified atom stereocenters. The molecule has 1 N–H and O–H groups in total. The van der Waals surface area contributed by atoms with Gasteiger partial charge in [0.2, 0.25) is 5.82 Å². The van der Waals surface area contributed by atoms with Crippen LogP contribution in [0.15, 0.2) is 16.9 Å². The van der Waals surface area contributed by atoms with Crippen LogP contribution in [0.4, 0.5) is 17.6 Å². The number of nitriles is 1. The standard InChI is InChI=1S/C11H6F4N4O2/c1-18-9(11(13,14)15)17-19(10(18)21)7-3-8(20)5(4-16)2-6(7)12/h2-3,20H,1H3. The molecule has 0 bridgehead atoms. The van der Waals surface area contributed by atoms with Gasteiger partial charge in [0.05, 0.1) is 5.56 Å². The Morgan fingerprint density at radius 1 is 1.38 bits per heavy atom. The van der Waals surface area contributed by atoms with Crippen molar-refractivity contribution in [1.82, 2.24) is 14.3 Å². The summed E-state index contributed by atoms with van der Waals surface area (Å²) in [7, 11) is 0.829. The summed E-state index contributed by atoms with van der Waals surface area (Å²) in [5.41, 5.74) is -2.36. The summed E-state index contributed by atoms with van der Waals surface area (Å²) in [6.07, 6.45) is -4.90. The molecule has 2 aromatic rings. The van der Waals surface area contributed by atoms with Crippen molar-refractivity contribution < 1.29 is 22.7 Å². The van der Waals surface area contributed by atoms with E-state index in [1.165, 1.54) is 6.07 Å². The van der Waals surface area contributed by atoms with Crippen LogP contribution < -0.4 is 5.69 Å². The van der Waals surface area contributed by atoms with Gasteiger partial charge in [-0.15, -0.1) is 5.10 Å². The van der Waals surface area contributed by atoms with Gasteiger partial charge in [-0.2, -0.15) is 23.1 Å². The van der Waals surface area contributed by atoms with Crippen LogP contribution in [0, 0.1) is 17.1 Å². The van der Waals surface area contributed by atoms with Crippen molar-refractivity contribution in [3.8, 4) is 17.5 Å². The molecule has 0 aliphatic heterocycles. The third-order valence-corrected chi connectivity index (χ3v) is 2.65. The van der Waals surface area contributed by atoms with E-state index in [0.717, 1.165) is 7.05 Å². The Morgan fingerprint density at radius 2 is 2.00 bits per heavy atom. The number of benzene rings is 1. The molecule has 0 spiro atoms. The molecule has 1 aromatic carbocycles. The van der Waals surface area contributed by atoms with Crippen LogP contribution in [0.25, 0.3) is 5.69 Å². The molecule has 2 rings (SSSR count). The fraction of sp³-hybridized carbons (Fsp3) is 0.182. The minimum atomic E-state index is -4.90. The van der Waals surface area contributed by atoms with Gasteiger partial charge in [0, 0.05) is 13.1 Å². The van der Waals surface area contributed by atoms with E-state index in [1.54, 1.807) is 0 Å².